The summed E-state index contributed by atoms with van der Waals surface area (Å²) in [6.45, 7) is 6.15. The smallest absolute Gasteiger partial charge is 0.197 e. The molecule has 2 aromatic rings. The van der Waals surface area contributed by atoms with Crippen molar-refractivity contribution in [2.45, 2.75) is 36.4 Å². The van der Waals surface area contributed by atoms with Gasteiger partial charge in [-0.1, -0.05) is 32.4 Å². The van der Waals surface area contributed by atoms with Crippen molar-refractivity contribution < 1.29 is 0 Å². The third-order valence-corrected chi connectivity index (χ3v) is 3.37. The molecule has 0 unspecified atom stereocenters. The van der Waals surface area contributed by atoms with E-state index in [9.17, 15) is 0 Å². The van der Waals surface area contributed by atoms with Gasteiger partial charge in [0.05, 0.1) is 0 Å². The third kappa shape index (κ3) is 3.00. The van der Waals surface area contributed by atoms with E-state index in [1.54, 1.807) is 12.4 Å². The molecule has 5 nitrogen and oxygen atoms in total. The highest BCUT2D eigenvalue weighted by Crippen LogP contribution is 2.28. The molecule has 2 aromatic heterocycles. The van der Waals surface area contributed by atoms with E-state index in [2.05, 4.69) is 40.9 Å². The molecule has 0 radical (unpaired) electrons. The highest BCUT2D eigenvalue weighted by molar-refractivity contribution is 7.99. The minimum Gasteiger partial charge on any atom is -0.311 e. The van der Waals surface area contributed by atoms with Gasteiger partial charge in [-0.25, -0.2) is 9.97 Å². The van der Waals surface area contributed by atoms with Crippen LogP contribution in [0.25, 0.3) is 0 Å². The SMILES string of the molecule is Cn1cnnc1Sc1cc(Cl)nc(C(C)(C)C)n1. The molecule has 96 valence electrons. The molecule has 0 aliphatic carbocycles. The maximum atomic E-state index is 6.03. The van der Waals surface area contributed by atoms with Gasteiger partial charge in [-0.15, -0.1) is 10.2 Å². The lowest BCUT2D eigenvalue weighted by Crippen LogP contribution is -2.16. The Morgan fingerprint density at radius 3 is 2.56 bits per heavy atom. The van der Waals surface area contributed by atoms with E-state index in [0.717, 1.165) is 16.0 Å². The van der Waals surface area contributed by atoms with Crippen LogP contribution in [0.4, 0.5) is 0 Å². The molecule has 2 heterocycles. The number of hydrogen-bond donors (Lipinski definition) is 0. The van der Waals surface area contributed by atoms with Gasteiger partial charge in [-0.2, -0.15) is 0 Å². The molecular formula is C11H14ClN5S. The van der Waals surface area contributed by atoms with Crippen LogP contribution in [0.15, 0.2) is 22.6 Å². The van der Waals surface area contributed by atoms with Crippen molar-refractivity contribution in [1.29, 1.82) is 0 Å². The van der Waals surface area contributed by atoms with E-state index in [4.69, 9.17) is 11.6 Å². The van der Waals surface area contributed by atoms with Crippen molar-refractivity contribution in [3.8, 4) is 0 Å². The van der Waals surface area contributed by atoms with E-state index in [0.29, 0.717) is 5.15 Å². The Hall–Kier alpha value is -1.14. The van der Waals surface area contributed by atoms with Gasteiger partial charge in [0.15, 0.2) is 5.16 Å². The van der Waals surface area contributed by atoms with Crippen LogP contribution in [0, 0.1) is 0 Å². The second kappa shape index (κ2) is 4.85. The first-order valence-corrected chi connectivity index (χ1v) is 6.62. The molecular weight excluding hydrogens is 270 g/mol. The monoisotopic (exact) mass is 283 g/mol. The van der Waals surface area contributed by atoms with E-state index in [1.807, 2.05) is 11.6 Å². The minimum absolute atomic E-state index is 0.139. The Bertz CT molecular complexity index is 561. The summed E-state index contributed by atoms with van der Waals surface area (Å²) in [5.74, 6) is 0.722. The maximum Gasteiger partial charge on any atom is 0.197 e. The molecule has 2 rings (SSSR count). The van der Waals surface area contributed by atoms with Gasteiger partial charge in [0.2, 0.25) is 0 Å². The van der Waals surface area contributed by atoms with Crippen LogP contribution in [0.1, 0.15) is 26.6 Å². The van der Waals surface area contributed by atoms with Crippen LogP contribution in [0.3, 0.4) is 0 Å². The molecule has 0 atom stereocenters. The van der Waals surface area contributed by atoms with E-state index in [-0.39, 0.29) is 5.41 Å². The standard InChI is InChI=1S/C11H14ClN5S/c1-11(2,3)9-14-7(12)5-8(15-9)18-10-16-13-6-17(10)4/h5-6H,1-4H3. The summed E-state index contributed by atoms with van der Waals surface area (Å²) in [6, 6.07) is 1.73. The zero-order valence-corrected chi connectivity index (χ0v) is 12.2. The van der Waals surface area contributed by atoms with Crippen molar-refractivity contribution in [2.75, 3.05) is 0 Å². The Morgan fingerprint density at radius 1 is 1.28 bits per heavy atom. The highest BCUT2D eigenvalue weighted by Gasteiger charge is 2.19. The maximum absolute atomic E-state index is 6.03. The number of aryl methyl sites for hydroxylation is 1. The van der Waals surface area contributed by atoms with Crippen molar-refractivity contribution in [2.24, 2.45) is 7.05 Å². The molecule has 0 saturated heterocycles. The Kier molecular flexibility index (Phi) is 3.59. The average Bonchev–Trinajstić information content (AvgIpc) is 2.62. The fourth-order valence-corrected chi connectivity index (χ4v) is 2.26. The summed E-state index contributed by atoms with van der Waals surface area (Å²) < 4.78 is 1.83. The number of aromatic nitrogens is 5. The lowest BCUT2D eigenvalue weighted by atomic mass is 9.96. The van der Waals surface area contributed by atoms with Crippen molar-refractivity contribution >= 4 is 23.4 Å². The second-order valence-electron chi connectivity index (χ2n) is 4.93. The first kappa shape index (κ1) is 13.3. The molecule has 0 saturated carbocycles. The summed E-state index contributed by atoms with van der Waals surface area (Å²) in [4.78, 5) is 8.76. The molecule has 0 amide bonds. The minimum atomic E-state index is -0.139. The van der Waals surface area contributed by atoms with Crippen LogP contribution in [-0.2, 0) is 12.5 Å². The first-order chi connectivity index (χ1) is 8.36. The van der Waals surface area contributed by atoms with Crippen LogP contribution in [0.5, 0.6) is 0 Å². The summed E-state index contributed by atoms with van der Waals surface area (Å²) in [5, 5.41) is 9.82. The second-order valence-corrected chi connectivity index (χ2v) is 6.30. The molecule has 7 heteroatoms. The topological polar surface area (TPSA) is 56.5 Å². The molecule has 0 aliphatic heterocycles. The molecule has 0 fully saturated rings. The summed E-state index contributed by atoms with van der Waals surface area (Å²) in [6.07, 6.45) is 1.65. The molecule has 18 heavy (non-hydrogen) atoms. The van der Waals surface area contributed by atoms with Gasteiger partial charge in [-0.05, 0) is 11.8 Å². The number of hydrogen-bond acceptors (Lipinski definition) is 5. The largest absolute Gasteiger partial charge is 0.311 e. The van der Waals surface area contributed by atoms with Gasteiger partial charge < -0.3 is 4.57 Å². The molecule has 0 spiro atoms. The van der Waals surface area contributed by atoms with Crippen LogP contribution < -0.4 is 0 Å². The van der Waals surface area contributed by atoms with Gasteiger partial charge >= 0.3 is 0 Å². The Labute approximate surface area is 115 Å². The zero-order chi connectivity index (χ0) is 13.3. The molecule has 0 aliphatic rings. The highest BCUT2D eigenvalue weighted by atomic mass is 35.5. The molecule has 0 aromatic carbocycles. The third-order valence-electron chi connectivity index (χ3n) is 2.21. The number of nitrogens with zero attached hydrogens (tertiary/aromatic N) is 5. The van der Waals surface area contributed by atoms with Crippen molar-refractivity contribution in [1.82, 2.24) is 24.7 Å². The Morgan fingerprint density at radius 2 is 2.00 bits per heavy atom. The number of halogens is 1. The Balaban J connectivity index is 2.35. The van der Waals surface area contributed by atoms with Crippen molar-refractivity contribution in [3.63, 3.8) is 0 Å². The van der Waals surface area contributed by atoms with Gasteiger partial charge in [-0.3, -0.25) is 0 Å². The molecule has 0 N–H and O–H groups in total. The van der Waals surface area contributed by atoms with Crippen molar-refractivity contribution in [3.05, 3.63) is 23.4 Å². The van der Waals surface area contributed by atoms with E-state index >= 15 is 0 Å². The van der Waals surface area contributed by atoms with E-state index < -0.39 is 0 Å². The normalized spacial score (nSPS) is 11.8. The summed E-state index contributed by atoms with van der Waals surface area (Å²) in [7, 11) is 1.88. The fraction of sp³-hybridized carbons (Fsp3) is 0.455. The predicted molar refractivity (Wildman–Crippen MR) is 70.9 cm³/mol. The lowest BCUT2D eigenvalue weighted by Gasteiger charge is -2.17. The lowest BCUT2D eigenvalue weighted by molar-refractivity contribution is 0.538. The van der Waals surface area contributed by atoms with Gasteiger partial charge in [0.25, 0.3) is 0 Å². The summed E-state index contributed by atoms with van der Waals surface area (Å²) in [5.41, 5.74) is -0.139. The quantitative estimate of drug-likeness (QED) is 0.793. The zero-order valence-electron chi connectivity index (χ0n) is 10.7. The van der Waals surface area contributed by atoms with Crippen LogP contribution in [0.2, 0.25) is 5.15 Å². The average molecular weight is 284 g/mol. The molecule has 0 bridgehead atoms. The summed E-state index contributed by atoms with van der Waals surface area (Å²) >= 11 is 7.45. The van der Waals surface area contributed by atoms with Crippen LogP contribution >= 0.6 is 23.4 Å². The van der Waals surface area contributed by atoms with Gasteiger partial charge in [0.1, 0.15) is 22.3 Å². The van der Waals surface area contributed by atoms with E-state index in [1.165, 1.54) is 11.8 Å². The van der Waals surface area contributed by atoms with Gasteiger partial charge in [0, 0.05) is 18.5 Å². The number of rotatable bonds is 2. The first-order valence-electron chi connectivity index (χ1n) is 5.43. The van der Waals surface area contributed by atoms with Crippen LogP contribution in [-0.4, -0.2) is 24.7 Å². The fourth-order valence-electron chi connectivity index (χ4n) is 1.24. The predicted octanol–water partition coefficient (Wildman–Crippen LogP) is 2.71.